The largest absolute Gasteiger partial charge is 0.350 e. The van der Waals surface area contributed by atoms with Crippen molar-refractivity contribution in [2.45, 2.75) is 31.6 Å². The Morgan fingerprint density at radius 2 is 1.96 bits per heavy atom. The Hall–Kier alpha value is -2.63. The monoisotopic (exact) mass is 340 g/mol. The minimum atomic E-state index is -0.134. The summed E-state index contributed by atoms with van der Waals surface area (Å²) in [6.07, 6.45) is 4.66. The Morgan fingerprint density at radius 1 is 1.28 bits per heavy atom. The third kappa shape index (κ3) is 3.57. The molecule has 6 nitrogen and oxygen atoms in total. The Bertz CT molecular complexity index is 799. The number of hydrogen-bond acceptors (Lipinski definition) is 3. The topological polar surface area (TPSA) is 60.1 Å². The third-order valence-electron chi connectivity index (χ3n) is 4.74. The molecule has 0 aliphatic carbocycles. The molecule has 1 aromatic carbocycles. The Balaban J connectivity index is 1.78. The van der Waals surface area contributed by atoms with Gasteiger partial charge in [-0.15, -0.1) is 6.58 Å². The van der Waals surface area contributed by atoms with Crippen LogP contribution in [0.2, 0.25) is 0 Å². The maximum atomic E-state index is 12.5. The number of amides is 1. The fourth-order valence-corrected chi connectivity index (χ4v) is 3.34. The number of nitrogens with zero attached hydrogens (tertiary/aromatic N) is 4. The van der Waals surface area contributed by atoms with Crippen LogP contribution in [0.4, 0.5) is 0 Å². The summed E-state index contributed by atoms with van der Waals surface area (Å²) >= 11 is 0. The smallest absolute Gasteiger partial charge is 0.343 e. The van der Waals surface area contributed by atoms with Crippen LogP contribution in [0.15, 0.2) is 47.8 Å². The summed E-state index contributed by atoms with van der Waals surface area (Å²) in [6, 6.07) is 9.60. The summed E-state index contributed by atoms with van der Waals surface area (Å²) in [5, 5.41) is 4.48. The molecule has 1 aliphatic heterocycles. The number of rotatable bonds is 5. The van der Waals surface area contributed by atoms with Crippen LogP contribution in [0.25, 0.3) is 5.69 Å². The highest BCUT2D eigenvalue weighted by molar-refractivity contribution is 5.76. The Kier molecular flexibility index (Phi) is 5.16. The van der Waals surface area contributed by atoms with Gasteiger partial charge in [-0.2, -0.15) is 5.10 Å². The summed E-state index contributed by atoms with van der Waals surface area (Å²) in [7, 11) is 1.68. The molecule has 1 aliphatic rings. The molecule has 0 radical (unpaired) electrons. The summed E-state index contributed by atoms with van der Waals surface area (Å²) in [5.41, 5.74) is 0.700. The van der Waals surface area contributed by atoms with E-state index in [0.29, 0.717) is 25.9 Å². The molecule has 0 N–H and O–H groups in total. The quantitative estimate of drug-likeness (QED) is 0.784. The van der Waals surface area contributed by atoms with E-state index in [1.54, 1.807) is 17.7 Å². The van der Waals surface area contributed by atoms with Crippen LogP contribution in [0.5, 0.6) is 0 Å². The van der Waals surface area contributed by atoms with Crippen LogP contribution in [-0.2, 0) is 11.8 Å². The molecule has 0 saturated carbocycles. The van der Waals surface area contributed by atoms with Crippen molar-refractivity contribution in [1.82, 2.24) is 19.2 Å². The molecule has 6 heteroatoms. The van der Waals surface area contributed by atoms with Gasteiger partial charge in [-0.05, 0) is 31.4 Å². The van der Waals surface area contributed by atoms with Crippen molar-refractivity contribution in [2.24, 2.45) is 7.05 Å². The van der Waals surface area contributed by atoms with Gasteiger partial charge < -0.3 is 4.90 Å². The van der Waals surface area contributed by atoms with Crippen LogP contribution in [0.3, 0.4) is 0 Å². The first-order chi connectivity index (χ1) is 12.1. The number of aromatic nitrogens is 3. The number of piperidine rings is 1. The maximum Gasteiger partial charge on any atom is 0.350 e. The lowest BCUT2D eigenvalue weighted by molar-refractivity contribution is -0.132. The van der Waals surface area contributed by atoms with Gasteiger partial charge in [0.2, 0.25) is 5.91 Å². The lowest BCUT2D eigenvalue weighted by Crippen LogP contribution is -2.38. The van der Waals surface area contributed by atoms with Crippen molar-refractivity contribution in [3.8, 4) is 5.69 Å². The molecule has 1 fully saturated rings. The zero-order chi connectivity index (χ0) is 17.8. The number of carbonyl (C=O) groups excluding carboxylic acids is 1. The van der Waals surface area contributed by atoms with Crippen LogP contribution < -0.4 is 5.69 Å². The first kappa shape index (κ1) is 17.2. The van der Waals surface area contributed by atoms with Crippen molar-refractivity contribution in [3.63, 3.8) is 0 Å². The van der Waals surface area contributed by atoms with Crippen molar-refractivity contribution in [1.29, 1.82) is 0 Å². The van der Waals surface area contributed by atoms with E-state index in [-0.39, 0.29) is 17.5 Å². The van der Waals surface area contributed by atoms with E-state index >= 15 is 0 Å². The maximum absolute atomic E-state index is 12.5. The highest BCUT2D eigenvalue weighted by atomic mass is 16.2. The van der Waals surface area contributed by atoms with E-state index in [0.717, 1.165) is 24.4 Å². The number of hydrogen-bond donors (Lipinski definition) is 0. The number of allylic oxidation sites excluding steroid dienone is 1. The molecule has 0 unspecified atom stereocenters. The van der Waals surface area contributed by atoms with E-state index < -0.39 is 0 Å². The van der Waals surface area contributed by atoms with Crippen LogP contribution in [0.1, 0.15) is 37.4 Å². The van der Waals surface area contributed by atoms with E-state index in [4.69, 9.17) is 0 Å². The normalized spacial score (nSPS) is 15.3. The number of benzene rings is 1. The molecule has 1 aromatic heterocycles. The molecular formula is C19H24N4O2. The molecule has 1 amide bonds. The van der Waals surface area contributed by atoms with Crippen molar-refractivity contribution >= 4 is 5.91 Å². The minimum Gasteiger partial charge on any atom is -0.343 e. The zero-order valence-electron chi connectivity index (χ0n) is 14.6. The molecule has 0 spiro atoms. The molecule has 2 heterocycles. The average Bonchev–Trinajstić information content (AvgIpc) is 2.95. The van der Waals surface area contributed by atoms with Gasteiger partial charge in [0.15, 0.2) is 0 Å². The highest BCUT2D eigenvalue weighted by Crippen LogP contribution is 2.27. The van der Waals surface area contributed by atoms with Crippen molar-refractivity contribution < 1.29 is 4.79 Å². The van der Waals surface area contributed by atoms with Crippen molar-refractivity contribution in [2.75, 3.05) is 13.1 Å². The summed E-state index contributed by atoms with van der Waals surface area (Å²) in [5.74, 6) is 1.15. The van der Waals surface area contributed by atoms with E-state index in [1.807, 2.05) is 35.2 Å². The number of aryl methyl sites for hydroxylation is 1. The first-order valence-corrected chi connectivity index (χ1v) is 8.72. The van der Waals surface area contributed by atoms with Gasteiger partial charge >= 0.3 is 5.69 Å². The fourth-order valence-electron chi connectivity index (χ4n) is 3.34. The number of para-hydroxylation sites is 1. The molecule has 0 atom stereocenters. The fraction of sp³-hybridized carbons (Fsp3) is 0.421. The molecular weight excluding hydrogens is 316 g/mol. The second-order valence-electron chi connectivity index (χ2n) is 6.42. The van der Waals surface area contributed by atoms with Crippen LogP contribution in [-0.4, -0.2) is 38.2 Å². The molecule has 2 aromatic rings. The first-order valence-electron chi connectivity index (χ1n) is 8.72. The molecule has 25 heavy (non-hydrogen) atoms. The predicted octanol–water partition coefficient (Wildman–Crippen LogP) is 2.24. The third-order valence-corrected chi connectivity index (χ3v) is 4.74. The number of likely N-dealkylation sites (tertiary alicyclic amines) is 1. The highest BCUT2D eigenvalue weighted by Gasteiger charge is 2.28. The van der Waals surface area contributed by atoms with E-state index in [1.165, 1.54) is 4.68 Å². The Labute approximate surface area is 147 Å². The van der Waals surface area contributed by atoms with Crippen molar-refractivity contribution in [3.05, 3.63) is 59.3 Å². The molecule has 132 valence electrons. The summed E-state index contributed by atoms with van der Waals surface area (Å²) < 4.78 is 3.09. The second kappa shape index (κ2) is 7.51. The summed E-state index contributed by atoms with van der Waals surface area (Å²) in [4.78, 5) is 26.6. The van der Waals surface area contributed by atoms with Gasteiger partial charge in [0.1, 0.15) is 5.82 Å². The second-order valence-corrected chi connectivity index (χ2v) is 6.42. The van der Waals surface area contributed by atoms with Gasteiger partial charge in [0.05, 0.1) is 5.69 Å². The van der Waals surface area contributed by atoms with E-state index in [9.17, 15) is 9.59 Å². The summed E-state index contributed by atoms with van der Waals surface area (Å²) in [6.45, 7) is 5.08. The van der Waals surface area contributed by atoms with Gasteiger partial charge in [-0.3, -0.25) is 4.79 Å². The van der Waals surface area contributed by atoms with Crippen LogP contribution >= 0.6 is 0 Å². The van der Waals surface area contributed by atoms with Gasteiger partial charge in [0, 0.05) is 32.5 Å². The molecule has 0 bridgehead atoms. The SMILES string of the molecule is C=CCCC(=O)N1CCC(c2nn(C)c(=O)n2-c2ccccc2)CC1. The predicted molar refractivity (Wildman–Crippen MR) is 96.8 cm³/mol. The zero-order valence-corrected chi connectivity index (χ0v) is 14.6. The van der Waals surface area contributed by atoms with Gasteiger partial charge in [0.25, 0.3) is 0 Å². The standard InChI is InChI=1S/C19H24N4O2/c1-3-4-10-17(24)22-13-11-15(12-14-22)18-20-21(2)19(25)23(18)16-8-6-5-7-9-16/h3,5-9,15H,1,4,10-14H2,2H3. The van der Waals surface area contributed by atoms with E-state index in [2.05, 4.69) is 11.7 Å². The average molecular weight is 340 g/mol. The molecule has 3 rings (SSSR count). The van der Waals surface area contributed by atoms with Gasteiger partial charge in [-0.1, -0.05) is 24.3 Å². The van der Waals surface area contributed by atoms with Crippen LogP contribution in [0, 0.1) is 0 Å². The number of carbonyl (C=O) groups is 1. The lowest BCUT2D eigenvalue weighted by atomic mass is 9.95. The van der Waals surface area contributed by atoms with Gasteiger partial charge in [-0.25, -0.2) is 14.0 Å². The Morgan fingerprint density at radius 3 is 2.60 bits per heavy atom. The molecule has 1 saturated heterocycles. The minimum absolute atomic E-state index is 0.134. The lowest BCUT2D eigenvalue weighted by Gasteiger charge is -2.31.